The molecular weight excluding hydrogens is 370 g/mol. The zero-order valence-corrected chi connectivity index (χ0v) is 13.8. The molecular formula is C15H15Br2NO. The Morgan fingerprint density at radius 2 is 1.95 bits per heavy atom. The third-order valence-electron chi connectivity index (χ3n) is 2.60. The molecule has 0 aromatic heterocycles. The van der Waals surface area contributed by atoms with Crippen molar-refractivity contribution in [3.05, 3.63) is 57.0 Å². The van der Waals surface area contributed by atoms with Gasteiger partial charge in [-0.3, -0.25) is 0 Å². The van der Waals surface area contributed by atoms with Crippen LogP contribution >= 0.6 is 31.9 Å². The predicted molar refractivity (Wildman–Crippen MR) is 85.7 cm³/mol. The van der Waals surface area contributed by atoms with Crippen molar-refractivity contribution in [3.8, 4) is 11.5 Å². The molecule has 0 aliphatic heterocycles. The molecule has 2 aromatic carbocycles. The Morgan fingerprint density at radius 1 is 1.11 bits per heavy atom. The van der Waals surface area contributed by atoms with Crippen molar-refractivity contribution in [2.24, 2.45) is 0 Å². The molecule has 2 rings (SSSR count). The Bertz CT molecular complexity index is 558. The zero-order valence-electron chi connectivity index (χ0n) is 10.6. The second-order valence-corrected chi connectivity index (χ2v) is 5.87. The van der Waals surface area contributed by atoms with E-state index in [4.69, 9.17) is 4.74 Å². The smallest absolute Gasteiger partial charge is 0.141 e. The van der Waals surface area contributed by atoms with E-state index in [1.165, 1.54) is 5.56 Å². The van der Waals surface area contributed by atoms with Crippen LogP contribution in [0.3, 0.4) is 0 Å². The lowest BCUT2D eigenvalue weighted by Crippen LogP contribution is -2.11. The lowest BCUT2D eigenvalue weighted by Gasteiger charge is -2.09. The van der Waals surface area contributed by atoms with Crippen LogP contribution < -0.4 is 10.1 Å². The molecule has 0 spiro atoms. The first kappa shape index (κ1) is 14.6. The summed E-state index contributed by atoms with van der Waals surface area (Å²) < 4.78 is 7.84. The fraction of sp³-hybridized carbons (Fsp3) is 0.200. The molecule has 0 atom stereocenters. The van der Waals surface area contributed by atoms with E-state index in [-0.39, 0.29) is 0 Å². The molecule has 0 saturated carbocycles. The third kappa shape index (κ3) is 4.34. The van der Waals surface area contributed by atoms with Gasteiger partial charge in [-0.05, 0) is 58.4 Å². The van der Waals surface area contributed by atoms with Crippen LogP contribution in [-0.4, -0.2) is 6.54 Å². The van der Waals surface area contributed by atoms with Gasteiger partial charge in [0.05, 0.1) is 4.47 Å². The fourth-order valence-electron chi connectivity index (χ4n) is 1.67. The van der Waals surface area contributed by atoms with E-state index in [0.717, 1.165) is 33.5 Å². The largest absolute Gasteiger partial charge is 0.456 e. The molecule has 0 amide bonds. The lowest BCUT2D eigenvalue weighted by molar-refractivity contribution is 0.478. The van der Waals surface area contributed by atoms with Crippen molar-refractivity contribution in [1.29, 1.82) is 0 Å². The van der Waals surface area contributed by atoms with Crippen molar-refractivity contribution in [2.75, 3.05) is 6.54 Å². The standard InChI is InChI=1S/C15H15Br2NO/c1-2-18-10-11-4-3-5-13(8-11)19-15-7-6-12(16)9-14(15)17/h3-9,18H,2,10H2,1H3. The predicted octanol–water partition coefficient (Wildman–Crippen LogP) is 5.11. The van der Waals surface area contributed by atoms with Gasteiger partial charge in [-0.2, -0.15) is 0 Å². The zero-order chi connectivity index (χ0) is 13.7. The summed E-state index contributed by atoms with van der Waals surface area (Å²) in [5.74, 6) is 1.65. The molecule has 0 heterocycles. The van der Waals surface area contributed by atoms with Crippen LogP contribution in [0.2, 0.25) is 0 Å². The maximum Gasteiger partial charge on any atom is 0.141 e. The van der Waals surface area contributed by atoms with Crippen molar-refractivity contribution in [3.63, 3.8) is 0 Å². The van der Waals surface area contributed by atoms with Gasteiger partial charge in [0.15, 0.2) is 0 Å². The van der Waals surface area contributed by atoms with Crippen LogP contribution in [0.4, 0.5) is 0 Å². The highest BCUT2D eigenvalue weighted by Gasteiger charge is 2.04. The number of hydrogen-bond acceptors (Lipinski definition) is 2. The highest BCUT2D eigenvalue weighted by molar-refractivity contribution is 9.11. The summed E-state index contributed by atoms with van der Waals surface area (Å²) in [6, 6.07) is 14.0. The average molecular weight is 385 g/mol. The van der Waals surface area contributed by atoms with E-state index < -0.39 is 0 Å². The molecule has 0 fully saturated rings. The van der Waals surface area contributed by atoms with Gasteiger partial charge >= 0.3 is 0 Å². The summed E-state index contributed by atoms with van der Waals surface area (Å²) in [6.07, 6.45) is 0. The number of benzene rings is 2. The molecule has 0 aliphatic carbocycles. The van der Waals surface area contributed by atoms with Crippen molar-refractivity contribution in [2.45, 2.75) is 13.5 Å². The molecule has 19 heavy (non-hydrogen) atoms. The number of hydrogen-bond donors (Lipinski definition) is 1. The van der Waals surface area contributed by atoms with Gasteiger partial charge in [-0.15, -0.1) is 0 Å². The molecule has 0 saturated heterocycles. The molecule has 2 nitrogen and oxygen atoms in total. The number of halogens is 2. The lowest BCUT2D eigenvalue weighted by atomic mass is 10.2. The van der Waals surface area contributed by atoms with Gasteiger partial charge in [0.2, 0.25) is 0 Å². The molecule has 4 heteroatoms. The summed E-state index contributed by atoms with van der Waals surface area (Å²) in [7, 11) is 0. The van der Waals surface area contributed by atoms with E-state index in [9.17, 15) is 0 Å². The van der Waals surface area contributed by atoms with Crippen molar-refractivity contribution in [1.82, 2.24) is 5.32 Å². The first-order chi connectivity index (χ1) is 9.19. The summed E-state index contributed by atoms with van der Waals surface area (Å²) in [4.78, 5) is 0. The minimum absolute atomic E-state index is 0.809. The number of rotatable bonds is 5. The summed E-state index contributed by atoms with van der Waals surface area (Å²) >= 11 is 6.93. The van der Waals surface area contributed by atoms with E-state index in [2.05, 4.69) is 56.2 Å². The SMILES string of the molecule is CCNCc1cccc(Oc2ccc(Br)cc2Br)c1. The normalized spacial score (nSPS) is 10.5. The molecule has 0 radical (unpaired) electrons. The molecule has 0 aliphatic rings. The van der Waals surface area contributed by atoms with E-state index in [1.807, 2.05) is 30.3 Å². The molecule has 0 bridgehead atoms. The molecule has 1 N–H and O–H groups in total. The minimum atomic E-state index is 0.809. The monoisotopic (exact) mass is 383 g/mol. The van der Waals surface area contributed by atoms with Crippen LogP contribution in [0.5, 0.6) is 11.5 Å². The minimum Gasteiger partial charge on any atom is -0.456 e. The summed E-state index contributed by atoms with van der Waals surface area (Å²) in [5, 5.41) is 3.30. The number of nitrogens with one attached hydrogen (secondary N) is 1. The maximum absolute atomic E-state index is 5.89. The van der Waals surface area contributed by atoms with E-state index in [1.54, 1.807) is 0 Å². The topological polar surface area (TPSA) is 21.3 Å². The van der Waals surface area contributed by atoms with E-state index >= 15 is 0 Å². The highest BCUT2D eigenvalue weighted by Crippen LogP contribution is 2.32. The highest BCUT2D eigenvalue weighted by atomic mass is 79.9. The quantitative estimate of drug-likeness (QED) is 0.772. The Kier molecular flexibility index (Phi) is 5.43. The van der Waals surface area contributed by atoms with Crippen molar-refractivity contribution >= 4 is 31.9 Å². The third-order valence-corrected chi connectivity index (χ3v) is 3.71. The van der Waals surface area contributed by atoms with Gasteiger partial charge in [-0.1, -0.05) is 35.0 Å². The van der Waals surface area contributed by atoms with Crippen LogP contribution in [0, 0.1) is 0 Å². The second-order valence-electron chi connectivity index (χ2n) is 4.10. The Morgan fingerprint density at radius 3 is 2.68 bits per heavy atom. The Hall–Kier alpha value is -0.840. The van der Waals surface area contributed by atoms with Crippen LogP contribution in [-0.2, 0) is 6.54 Å². The molecule has 100 valence electrons. The molecule has 0 unspecified atom stereocenters. The van der Waals surface area contributed by atoms with Gasteiger partial charge in [0.25, 0.3) is 0 Å². The van der Waals surface area contributed by atoms with Gasteiger partial charge < -0.3 is 10.1 Å². The van der Waals surface area contributed by atoms with Crippen LogP contribution in [0.25, 0.3) is 0 Å². The van der Waals surface area contributed by atoms with Crippen LogP contribution in [0.1, 0.15) is 12.5 Å². The molecule has 2 aromatic rings. The van der Waals surface area contributed by atoms with Crippen molar-refractivity contribution < 1.29 is 4.74 Å². The first-order valence-electron chi connectivity index (χ1n) is 6.11. The Labute approximate surface area is 130 Å². The van der Waals surface area contributed by atoms with E-state index in [0.29, 0.717) is 0 Å². The van der Waals surface area contributed by atoms with Gasteiger partial charge in [0.1, 0.15) is 11.5 Å². The summed E-state index contributed by atoms with van der Waals surface area (Å²) in [6.45, 7) is 3.91. The van der Waals surface area contributed by atoms with Crippen LogP contribution in [0.15, 0.2) is 51.4 Å². The average Bonchev–Trinajstić information content (AvgIpc) is 2.40. The Balaban J connectivity index is 2.14. The number of ether oxygens (including phenoxy) is 1. The first-order valence-corrected chi connectivity index (χ1v) is 7.70. The fourth-order valence-corrected chi connectivity index (χ4v) is 2.80. The maximum atomic E-state index is 5.89. The van der Waals surface area contributed by atoms with Gasteiger partial charge in [-0.25, -0.2) is 0 Å². The van der Waals surface area contributed by atoms with Gasteiger partial charge in [0, 0.05) is 11.0 Å². The second kappa shape index (κ2) is 7.08. The summed E-state index contributed by atoms with van der Waals surface area (Å²) in [5.41, 5.74) is 1.22.